The number of nitrogens with zero attached hydrogens (tertiary/aromatic N) is 1. The van der Waals surface area contributed by atoms with Gasteiger partial charge in [0.15, 0.2) is 0 Å². The zero-order valence-corrected chi connectivity index (χ0v) is 20.9. The Labute approximate surface area is 215 Å². The SMILES string of the molecule is CCO[C@@H](CC(=O)O)c1ccc(OCc2ccc(Cl)c(-c3ccc(OC(CO)CO)nc3C)c2)cc1. The van der Waals surface area contributed by atoms with E-state index < -0.39 is 18.2 Å². The van der Waals surface area contributed by atoms with Crippen LogP contribution in [0.3, 0.4) is 0 Å². The molecule has 0 aliphatic heterocycles. The Morgan fingerprint density at radius 3 is 2.36 bits per heavy atom. The second kappa shape index (κ2) is 13.2. The smallest absolute Gasteiger partial charge is 0.306 e. The maximum absolute atomic E-state index is 11.1. The van der Waals surface area contributed by atoms with Crippen LogP contribution in [-0.4, -0.2) is 52.2 Å². The molecule has 8 nitrogen and oxygen atoms in total. The third kappa shape index (κ3) is 7.41. The number of aliphatic carboxylic acids is 1. The molecule has 3 aromatic rings. The molecule has 0 saturated heterocycles. The van der Waals surface area contributed by atoms with Crippen LogP contribution in [0.4, 0.5) is 0 Å². The molecule has 3 N–H and O–H groups in total. The number of aliphatic hydroxyl groups excluding tert-OH is 2. The highest BCUT2D eigenvalue weighted by molar-refractivity contribution is 6.33. The number of hydrogen-bond donors (Lipinski definition) is 3. The van der Waals surface area contributed by atoms with Gasteiger partial charge in [-0.3, -0.25) is 4.79 Å². The Kier molecular flexibility index (Phi) is 10.1. The highest BCUT2D eigenvalue weighted by atomic mass is 35.5. The number of hydrogen-bond acceptors (Lipinski definition) is 7. The summed E-state index contributed by atoms with van der Waals surface area (Å²) in [7, 11) is 0. The lowest BCUT2D eigenvalue weighted by Crippen LogP contribution is -2.25. The van der Waals surface area contributed by atoms with Gasteiger partial charge in [-0.2, -0.15) is 0 Å². The van der Waals surface area contributed by atoms with Crippen molar-refractivity contribution in [2.75, 3.05) is 19.8 Å². The van der Waals surface area contributed by atoms with Crippen molar-refractivity contribution in [3.05, 3.63) is 76.4 Å². The summed E-state index contributed by atoms with van der Waals surface area (Å²) in [5, 5.41) is 28.1. The normalized spacial score (nSPS) is 11.9. The van der Waals surface area contributed by atoms with Gasteiger partial charge in [0.25, 0.3) is 0 Å². The first kappa shape index (κ1) is 27.4. The average Bonchev–Trinajstić information content (AvgIpc) is 2.87. The molecular formula is C27H30ClNO7. The van der Waals surface area contributed by atoms with E-state index in [0.29, 0.717) is 35.6 Å². The summed E-state index contributed by atoms with van der Waals surface area (Å²) in [4.78, 5) is 15.5. The van der Waals surface area contributed by atoms with E-state index in [1.807, 2.05) is 44.2 Å². The molecule has 0 aliphatic carbocycles. The molecule has 3 rings (SSSR count). The van der Waals surface area contributed by atoms with E-state index in [9.17, 15) is 15.0 Å². The molecular weight excluding hydrogens is 486 g/mol. The monoisotopic (exact) mass is 515 g/mol. The molecule has 2 aromatic carbocycles. The fourth-order valence-electron chi connectivity index (χ4n) is 3.64. The van der Waals surface area contributed by atoms with E-state index in [1.165, 1.54) is 0 Å². The maximum Gasteiger partial charge on any atom is 0.306 e. The van der Waals surface area contributed by atoms with E-state index in [4.69, 9.17) is 30.9 Å². The number of aryl methyl sites for hydroxylation is 1. The van der Waals surface area contributed by atoms with E-state index in [-0.39, 0.29) is 19.6 Å². The first-order valence-corrected chi connectivity index (χ1v) is 11.9. The fraction of sp³-hybridized carbons (Fsp3) is 0.333. The van der Waals surface area contributed by atoms with E-state index in [0.717, 1.165) is 22.3 Å². The van der Waals surface area contributed by atoms with Crippen molar-refractivity contribution in [1.29, 1.82) is 0 Å². The number of benzene rings is 2. The molecule has 36 heavy (non-hydrogen) atoms. The van der Waals surface area contributed by atoms with Crippen LogP contribution in [0, 0.1) is 6.92 Å². The lowest BCUT2D eigenvalue weighted by molar-refractivity contribution is -0.140. The topological polar surface area (TPSA) is 118 Å². The molecule has 0 saturated carbocycles. The molecule has 0 unspecified atom stereocenters. The van der Waals surface area contributed by atoms with Gasteiger partial charge in [0.2, 0.25) is 5.88 Å². The molecule has 1 heterocycles. The zero-order valence-electron chi connectivity index (χ0n) is 20.2. The first-order valence-electron chi connectivity index (χ1n) is 11.6. The summed E-state index contributed by atoms with van der Waals surface area (Å²) in [6.45, 7) is 3.75. The van der Waals surface area contributed by atoms with Gasteiger partial charge in [0, 0.05) is 34.5 Å². The minimum Gasteiger partial charge on any atom is -0.489 e. The molecule has 0 radical (unpaired) electrons. The van der Waals surface area contributed by atoms with Crippen molar-refractivity contribution >= 4 is 17.6 Å². The van der Waals surface area contributed by atoms with Gasteiger partial charge < -0.3 is 29.5 Å². The molecule has 1 atom stereocenters. The predicted molar refractivity (Wildman–Crippen MR) is 135 cm³/mol. The van der Waals surface area contributed by atoms with Gasteiger partial charge in [0.1, 0.15) is 18.5 Å². The molecule has 0 spiro atoms. The summed E-state index contributed by atoms with van der Waals surface area (Å²) < 4.78 is 17.0. The van der Waals surface area contributed by atoms with Gasteiger partial charge in [-0.1, -0.05) is 29.8 Å². The van der Waals surface area contributed by atoms with Crippen LogP contribution in [0.1, 0.15) is 36.3 Å². The fourth-order valence-corrected chi connectivity index (χ4v) is 3.86. The highest BCUT2D eigenvalue weighted by Gasteiger charge is 2.16. The third-order valence-electron chi connectivity index (χ3n) is 5.46. The quantitative estimate of drug-likeness (QED) is 0.303. The number of carboxylic acids is 1. The standard InChI is InChI=1S/C27H30ClNO7/c1-3-34-25(13-27(32)33)19-5-7-20(8-6-19)35-16-18-4-10-24(28)23(12-18)22-9-11-26(29-17(22)2)36-21(14-30)15-31/h4-12,21,25,30-31H,3,13-16H2,1-2H3,(H,32,33)/t25-/m0/s1. The van der Waals surface area contributed by atoms with Gasteiger partial charge in [-0.15, -0.1) is 0 Å². The molecule has 0 bridgehead atoms. The van der Waals surface area contributed by atoms with Crippen molar-refractivity contribution in [1.82, 2.24) is 4.98 Å². The van der Waals surface area contributed by atoms with Crippen molar-refractivity contribution in [3.63, 3.8) is 0 Å². The molecule has 1 aromatic heterocycles. The third-order valence-corrected chi connectivity index (χ3v) is 5.79. The number of pyridine rings is 1. The predicted octanol–water partition coefficient (Wildman–Crippen LogP) is 4.57. The van der Waals surface area contributed by atoms with Gasteiger partial charge in [-0.05, 0) is 55.3 Å². The Morgan fingerprint density at radius 2 is 1.75 bits per heavy atom. The van der Waals surface area contributed by atoms with Gasteiger partial charge in [-0.25, -0.2) is 4.98 Å². The molecule has 0 aliphatic rings. The molecule has 0 amide bonds. The van der Waals surface area contributed by atoms with Crippen molar-refractivity contribution in [3.8, 4) is 22.8 Å². The number of ether oxygens (including phenoxy) is 3. The Hall–Kier alpha value is -3.17. The lowest BCUT2D eigenvalue weighted by atomic mass is 10.0. The van der Waals surface area contributed by atoms with Gasteiger partial charge in [0.05, 0.1) is 25.7 Å². The summed E-state index contributed by atoms with van der Waals surface area (Å²) in [6.07, 6.45) is -1.35. The molecule has 0 fully saturated rings. The van der Waals surface area contributed by atoms with E-state index in [1.54, 1.807) is 24.3 Å². The Morgan fingerprint density at radius 1 is 1.03 bits per heavy atom. The summed E-state index contributed by atoms with van der Waals surface area (Å²) in [6, 6.07) is 16.3. The molecule has 9 heteroatoms. The van der Waals surface area contributed by atoms with Crippen LogP contribution in [0.5, 0.6) is 11.6 Å². The first-order chi connectivity index (χ1) is 17.3. The number of aromatic nitrogens is 1. The minimum absolute atomic E-state index is 0.105. The summed E-state index contributed by atoms with van der Waals surface area (Å²) >= 11 is 6.48. The lowest BCUT2D eigenvalue weighted by Gasteiger charge is -2.16. The van der Waals surface area contributed by atoms with Crippen molar-refractivity contribution in [2.45, 2.75) is 39.1 Å². The van der Waals surface area contributed by atoms with Crippen LogP contribution >= 0.6 is 11.6 Å². The van der Waals surface area contributed by atoms with Crippen LogP contribution in [0.25, 0.3) is 11.1 Å². The van der Waals surface area contributed by atoms with Crippen LogP contribution < -0.4 is 9.47 Å². The average molecular weight is 516 g/mol. The second-order valence-corrected chi connectivity index (χ2v) is 8.51. The second-order valence-electron chi connectivity index (χ2n) is 8.10. The van der Waals surface area contributed by atoms with Crippen LogP contribution in [0.2, 0.25) is 5.02 Å². The summed E-state index contributed by atoms with van der Waals surface area (Å²) in [5.41, 5.74) is 3.97. The highest BCUT2D eigenvalue weighted by Crippen LogP contribution is 2.32. The number of carboxylic acid groups (broad SMARTS) is 1. The van der Waals surface area contributed by atoms with Crippen molar-refractivity contribution in [2.24, 2.45) is 0 Å². The van der Waals surface area contributed by atoms with Crippen LogP contribution in [-0.2, 0) is 16.1 Å². The molecule has 192 valence electrons. The van der Waals surface area contributed by atoms with Crippen LogP contribution in [0.15, 0.2) is 54.6 Å². The van der Waals surface area contributed by atoms with Gasteiger partial charge >= 0.3 is 5.97 Å². The Bertz CT molecular complexity index is 1150. The van der Waals surface area contributed by atoms with E-state index >= 15 is 0 Å². The maximum atomic E-state index is 11.1. The number of aliphatic hydroxyl groups is 2. The number of carbonyl (C=O) groups is 1. The van der Waals surface area contributed by atoms with E-state index in [2.05, 4.69) is 4.98 Å². The number of rotatable bonds is 13. The van der Waals surface area contributed by atoms with Crippen molar-refractivity contribution < 1.29 is 34.3 Å². The largest absolute Gasteiger partial charge is 0.489 e. The zero-order chi connectivity index (χ0) is 26.1. The summed E-state index contributed by atoms with van der Waals surface area (Å²) in [5.74, 6) is 0.0280. The number of halogens is 1. The Balaban J connectivity index is 1.71. The minimum atomic E-state index is -0.917.